The molecule has 1 unspecified atom stereocenters. The van der Waals surface area contributed by atoms with Crippen LogP contribution in [0.25, 0.3) is 0 Å². The van der Waals surface area contributed by atoms with Crippen molar-refractivity contribution >= 4 is 38.4 Å². The van der Waals surface area contributed by atoms with Crippen LogP contribution in [0.1, 0.15) is 6.42 Å². The Bertz CT molecular complexity index is 642. The molecule has 1 saturated heterocycles. The molecular weight excluding hydrogens is 408 g/mol. The molecule has 9 heteroatoms. The number of sulfonamides is 1. The first-order valence-corrected chi connectivity index (χ1v) is 9.23. The number of nitrogens with zero attached hydrogens (tertiary/aromatic N) is 1. The number of benzene rings is 1. The Morgan fingerprint density at radius 2 is 1.96 bits per heavy atom. The van der Waals surface area contributed by atoms with Crippen molar-refractivity contribution < 1.29 is 17.9 Å². The predicted octanol–water partition coefficient (Wildman–Crippen LogP) is 2.12. The number of ether oxygens (including phenoxy) is 2. The van der Waals surface area contributed by atoms with Gasteiger partial charge < -0.3 is 14.8 Å². The minimum absolute atomic E-state index is 0. The Labute approximate surface area is 152 Å². The summed E-state index contributed by atoms with van der Waals surface area (Å²) >= 11 is 3.34. The van der Waals surface area contributed by atoms with Gasteiger partial charge in [-0.1, -0.05) is 0 Å². The summed E-state index contributed by atoms with van der Waals surface area (Å²) in [7, 11) is 1.23. The number of hydrogen-bond acceptors (Lipinski definition) is 5. The van der Waals surface area contributed by atoms with Crippen molar-refractivity contribution in [3.05, 3.63) is 16.6 Å². The van der Waals surface area contributed by atoms with E-state index < -0.39 is 10.0 Å². The second-order valence-electron chi connectivity index (χ2n) is 5.21. The summed E-state index contributed by atoms with van der Waals surface area (Å²) in [6, 6.07) is 3.12. The van der Waals surface area contributed by atoms with Crippen molar-refractivity contribution in [2.24, 2.45) is 5.92 Å². The van der Waals surface area contributed by atoms with E-state index in [0.717, 1.165) is 13.0 Å². The summed E-state index contributed by atoms with van der Waals surface area (Å²) in [5.41, 5.74) is 0. The lowest BCUT2D eigenvalue weighted by atomic mass is 10.1. The lowest BCUT2D eigenvalue weighted by molar-refractivity contribution is 0.386. The van der Waals surface area contributed by atoms with Crippen LogP contribution in [0.15, 0.2) is 21.5 Å². The van der Waals surface area contributed by atoms with Gasteiger partial charge in [0.15, 0.2) is 0 Å². The highest BCUT2D eigenvalue weighted by Gasteiger charge is 2.34. The first kappa shape index (κ1) is 20.5. The molecule has 0 radical (unpaired) electrons. The lowest BCUT2D eigenvalue weighted by Crippen LogP contribution is -2.30. The molecule has 1 fully saturated rings. The van der Waals surface area contributed by atoms with Gasteiger partial charge in [-0.05, 0) is 47.9 Å². The SMILES string of the molecule is CNCC1CCN(S(=O)(=O)c2cc(OC)c(Br)cc2OC)C1.Cl. The first-order chi connectivity index (χ1) is 10.4. The van der Waals surface area contributed by atoms with Gasteiger partial charge in [-0.25, -0.2) is 8.42 Å². The number of hydrogen-bond donors (Lipinski definition) is 1. The molecule has 0 bridgehead atoms. The molecule has 0 aromatic heterocycles. The zero-order valence-corrected chi connectivity index (χ0v) is 16.6. The molecular formula is C14H22BrClN2O4S. The fraction of sp³-hybridized carbons (Fsp3) is 0.571. The van der Waals surface area contributed by atoms with Crippen LogP contribution in [0, 0.1) is 5.92 Å². The molecule has 23 heavy (non-hydrogen) atoms. The van der Waals surface area contributed by atoms with E-state index in [0.29, 0.717) is 35.0 Å². The minimum atomic E-state index is -3.60. The topological polar surface area (TPSA) is 67.9 Å². The van der Waals surface area contributed by atoms with Gasteiger partial charge >= 0.3 is 0 Å². The van der Waals surface area contributed by atoms with E-state index in [1.54, 1.807) is 6.07 Å². The molecule has 1 aliphatic heterocycles. The lowest BCUT2D eigenvalue weighted by Gasteiger charge is -2.19. The molecule has 0 amide bonds. The third-order valence-electron chi connectivity index (χ3n) is 3.80. The molecule has 1 aromatic rings. The molecule has 1 heterocycles. The highest BCUT2D eigenvalue weighted by molar-refractivity contribution is 9.10. The van der Waals surface area contributed by atoms with Crippen molar-refractivity contribution in [1.29, 1.82) is 0 Å². The molecule has 0 spiro atoms. The van der Waals surface area contributed by atoms with Crippen LogP contribution in [0.5, 0.6) is 11.5 Å². The van der Waals surface area contributed by atoms with Crippen LogP contribution >= 0.6 is 28.3 Å². The van der Waals surface area contributed by atoms with Gasteiger partial charge in [-0.2, -0.15) is 4.31 Å². The van der Waals surface area contributed by atoms with E-state index in [1.807, 2.05) is 7.05 Å². The van der Waals surface area contributed by atoms with Crippen molar-refractivity contribution in [2.75, 3.05) is 40.9 Å². The van der Waals surface area contributed by atoms with Gasteiger partial charge in [0.2, 0.25) is 10.0 Å². The van der Waals surface area contributed by atoms with Crippen LogP contribution in [0.2, 0.25) is 0 Å². The van der Waals surface area contributed by atoms with Crippen LogP contribution in [0.3, 0.4) is 0 Å². The standard InChI is InChI=1S/C14H21BrN2O4S.ClH/c1-16-8-10-4-5-17(9-10)22(18,19)14-7-12(20-2)11(15)6-13(14)21-3;/h6-7,10,16H,4-5,8-9H2,1-3H3;1H. The molecule has 1 N–H and O–H groups in total. The van der Waals surface area contributed by atoms with E-state index >= 15 is 0 Å². The van der Waals surface area contributed by atoms with E-state index in [9.17, 15) is 8.42 Å². The molecule has 0 saturated carbocycles. The number of nitrogens with one attached hydrogen (secondary N) is 1. The van der Waals surface area contributed by atoms with Gasteiger partial charge in [0.25, 0.3) is 0 Å². The quantitative estimate of drug-likeness (QED) is 0.750. The third kappa shape index (κ3) is 4.30. The van der Waals surface area contributed by atoms with E-state index in [1.165, 1.54) is 24.6 Å². The summed E-state index contributed by atoms with van der Waals surface area (Å²) in [5.74, 6) is 1.11. The van der Waals surface area contributed by atoms with Crippen molar-refractivity contribution in [2.45, 2.75) is 11.3 Å². The molecule has 2 rings (SSSR count). The molecule has 1 aliphatic rings. The Kier molecular flexibility index (Phi) is 7.60. The van der Waals surface area contributed by atoms with Crippen LogP contribution in [0.4, 0.5) is 0 Å². The normalized spacial score (nSPS) is 18.5. The zero-order chi connectivity index (χ0) is 16.3. The van der Waals surface area contributed by atoms with E-state index in [2.05, 4.69) is 21.2 Å². The van der Waals surface area contributed by atoms with Gasteiger partial charge in [-0.3, -0.25) is 0 Å². The van der Waals surface area contributed by atoms with Crippen LogP contribution in [-0.4, -0.2) is 53.6 Å². The zero-order valence-electron chi connectivity index (χ0n) is 13.3. The molecule has 1 atom stereocenters. The van der Waals surface area contributed by atoms with Gasteiger partial charge in [-0.15, -0.1) is 12.4 Å². The molecule has 1 aromatic carbocycles. The Morgan fingerprint density at radius 1 is 1.30 bits per heavy atom. The second kappa shape index (κ2) is 8.53. The maximum atomic E-state index is 12.9. The molecule has 0 aliphatic carbocycles. The summed E-state index contributed by atoms with van der Waals surface area (Å²) in [4.78, 5) is 0.139. The maximum absolute atomic E-state index is 12.9. The highest BCUT2D eigenvalue weighted by Crippen LogP contribution is 2.37. The summed E-state index contributed by atoms with van der Waals surface area (Å²) < 4.78 is 38.4. The summed E-state index contributed by atoms with van der Waals surface area (Å²) in [6.45, 7) is 1.85. The fourth-order valence-corrected chi connectivity index (χ4v) is 4.81. The number of halogens is 2. The van der Waals surface area contributed by atoms with Crippen molar-refractivity contribution in [1.82, 2.24) is 9.62 Å². The summed E-state index contributed by atoms with van der Waals surface area (Å²) in [6.07, 6.45) is 0.857. The maximum Gasteiger partial charge on any atom is 0.246 e. The van der Waals surface area contributed by atoms with Gasteiger partial charge in [0.1, 0.15) is 16.4 Å². The van der Waals surface area contributed by atoms with E-state index in [-0.39, 0.29) is 17.3 Å². The van der Waals surface area contributed by atoms with Crippen molar-refractivity contribution in [3.8, 4) is 11.5 Å². The Morgan fingerprint density at radius 3 is 2.52 bits per heavy atom. The largest absolute Gasteiger partial charge is 0.496 e. The van der Waals surface area contributed by atoms with Gasteiger partial charge in [0.05, 0.1) is 18.7 Å². The minimum Gasteiger partial charge on any atom is -0.496 e. The molecule has 132 valence electrons. The second-order valence-corrected chi connectivity index (χ2v) is 7.97. The average molecular weight is 430 g/mol. The number of methoxy groups -OCH3 is 2. The smallest absolute Gasteiger partial charge is 0.246 e. The van der Waals surface area contributed by atoms with Crippen LogP contribution < -0.4 is 14.8 Å². The highest BCUT2D eigenvalue weighted by atomic mass is 79.9. The Hall–Kier alpha value is -0.540. The summed E-state index contributed by atoms with van der Waals surface area (Å²) in [5, 5.41) is 3.10. The predicted molar refractivity (Wildman–Crippen MR) is 95.3 cm³/mol. The van der Waals surface area contributed by atoms with E-state index in [4.69, 9.17) is 9.47 Å². The first-order valence-electron chi connectivity index (χ1n) is 7.00. The van der Waals surface area contributed by atoms with Gasteiger partial charge in [0, 0.05) is 19.2 Å². The van der Waals surface area contributed by atoms with Crippen LogP contribution in [-0.2, 0) is 10.0 Å². The average Bonchev–Trinajstić information content (AvgIpc) is 2.96. The number of rotatable bonds is 6. The monoisotopic (exact) mass is 428 g/mol. The van der Waals surface area contributed by atoms with Crippen molar-refractivity contribution in [3.63, 3.8) is 0 Å². The third-order valence-corrected chi connectivity index (χ3v) is 6.30. The Balaban J connectivity index is 0.00000264. The fourth-order valence-electron chi connectivity index (χ4n) is 2.64. The molecule has 6 nitrogen and oxygen atoms in total.